The fraction of sp³-hybridized carbons (Fsp3) is 0.400. The fourth-order valence-electron chi connectivity index (χ4n) is 1.28. The second-order valence-electron chi connectivity index (χ2n) is 3.50. The highest BCUT2D eigenvalue weighted by atomic mass is 32.2. The van der Waals surface area contributed by atoms with Crippen molar-refractivity contribution >= 4 is 22.6 Å². The Morgan fingerprint density at radius 2 is 2.31 bits per heavy atom. The van der Waals surface area contributed by atoms with Crippen LogP contribution in [-0.4, -0.2) is 38.3 Å². The maximum atomic E-state index is 11.0. The molecule has 5 nitrogen and oxygen atoms in total. The summed E-state index contributed by atoms with van der Waals surface area (Å²) in [4.78, 5) is 14.6. The van der Waals surface area contributed by atoms with E-state index in [4.69, 9.17) is 5.11 Å². The highest BCUT2D eigenvalue weighted by Gasteiger charge is 2.08. The highest BCUT2D eigenvalue weighted by molar-refractivity contribution is 7.84. The molecule has 0 aromatic carbocycles. The number of aromatic carboxylic acids is 1. The van der Waals surface area contributed by atoms with Gasteiger partial charge in [0.05, 0.1) is 0 Å². The minimum atomic E-state index is -1.06. The summed E-state index contributed by atoms with van der Waals surface area (Å²) in [6.07, 6.45) is 1.62. The number of rotatable bonds is 5. The quantitative estimate of drug-likeness (QED) is 0.804. The van der Waals surface area contributed by atoms with Gasteiger partial charge in [-0.05, 0) is 19.1 Å². The second-order valence-corrected chi connectivity index (χ2v) is 4.98. The van der Waals surface area contributed by atoms with E-state index in [1.807, 2.05) is 6.92 Å². The van der Waals surface area contributed by atoms with Crippen LogP contribution < -0.4 is 5.32 Å². The topological polar surface area (TPSA) is 79.3 Å². The Morgan fingerprint density at radius 3 is 2.88 bits per heavy atom. The van der Waals surface area contributed by atoms with Gasteiger partial charge >= 0.3 is 5.97 Å². The molecule has 0 aliphatic rings. The van der Waals surface area contributed by atoms with Crippen molar-refractivity contribution in [2.45, 2.75) is 13.0 Å². The number of carboxylic acid groups (broad SMARTS) is 1. The lowest BCUT2D eigenvalue weighted by Crippen LogP contribution is -2.23. The van der Waals surface area contributed by atoms with E-state index in [2.05, 4.69) is 10.3 Å². The van der Waals surface area contributed by atoms with Crippen LogP contribution in [0.2, 0.25) is 0 Å². The van der Waals surface area contributed by atoms with Crippen molar-refractivity contribution in [2.24, 2.45) is 0 Å². The maximum absolute atomic E-state index is 11.0. The van der Waals surface area contributed by atoms with Crippen molar-refractivity contribution in [1.82, 2.24) is 4.98 Å². The summed E-state index contributed by atoms with van der Waals surface area (Å²) in [5.74, 6) is -0.0767. The van der Waals surface area contributed by atoms with Gasteiger partial charge in [-0.15, -0.1) is 0 Å². The number of carbonyl (C=O) groups is 1. The molecule has 6 heteroatoms. The van der Waals surface area contributed by atoms with E-state index in [1.54, 1.807) is 18.4 Å². The molecule has 0 radical (unpaired) electrons. The normalized spacial score (nSPS) is 14.1. The standard InChI is InChI=1S/C10H14N2O3S/c1-7(6-16(2)15)11-9-5-3-4-8(12-9)10(13)14/h3-5,7H,6H2,1-2H3,(H,11,12)(H,13,14). The molecular weight excluding hydrogens is 228 g/mol. The first-order chi connectivity index (χ1) is 7.49. The van der Waals surface area contributed by atoms with Gasteiger partial charge in [-0.1, -0.05) is 6.07 Å². The molecule has 0 amide bonds. The second kappa shape index (κ2) is 5.60. The predicted octanol–water partition coefficient (Wildman–Crippen LogP) is 0.959. The van der Waals surface area contributed by atoms with Gasteiger partial charge < -0.3 is 10.4 Å². The van der Waals surface area contributed by atoms with Gasteiger partial charge in [0.25, 0.3) is 0 Å². The molecule has 0 spiro atoms. The summed E-state index contributed by atoms with van der Waals surface area (Å²) in [5, 5.41) is 11.8. The molecule has 0 aliphatic heterocycles. The highest BCUT2D eigenvalue weighted by Crippen LogP contribution is 2.06. The van der Waals surface area contributed by atoms with Crippen LogP contribution in [0.1, 0.15) is 17.4 Å². The number of nitrogens with one attached hydrogen (secondary N) is 1. The monoisotopic (exact) mass is 242 g/mol. The van der Waals surface area contributed by atoms with Crippen LogP contribution in [-0.2, 0) is 10.8 Å². The lowest BCUT2D eigenvalue weighted by atomic mass is 10.3. The SMILES string of the molecule is CC(CS(C)=O)Nc1cccc(C(=O)O)n1. The summed E-state index contributed by atoms with van der Waals surface area (Å²) in [7, 11) is -0.890. The average molecular weight is 242 g/mol. The van der Waals surface area contributed by atoms with Crippen molar-refractivity contribution in [2.75, 3.05) is 17.3 Å². The maximum Gasteiger partial charge on any atom is 0.354 e. The predicted molar refractivity (Wildman–Crippen MR) is 63.2 cm³/mol. The molecule has 1 aromatic rings. The summed E-state index contributed by atoms with van der Waals surface area (Å²) >= 11 is 0. The zero-order valence-corrected chi connectivity index (χ0v) is 9.95. The third-order valence-electron chi connectivity index (χ3n) is 1.85. The molecule has 2 unspecified atom stereocenters. The summed E-state index contributed by atoms with van der Waals surface area (Å²) in [5.41, 5.74) is -0.00480. The van der Waals surface area contributed by atoms with Crippen molar-refractivity contribution in [3.63, 3.8) is 0 Å². The molecule has 0 saturated heterocycles. The van der Waals surface area contributed by atoms with Crippen molar-refractivity contribution in [1.29, 1.82) is 0 Å². The minimum Gasteiger partial charge on any atom is -0.477 e. The van der Waals surface area contributed by atoms with Gasteiger partial charge in [0, 0.05) is 28.9 Å². The van der Waals surface area contributed by atoms with Crippen LogP contribution in [0.25, 0.3) is 0 Å². The van der Waals surface area contributed by atoms with Crippen molar-refractivity contribution < 1.29 is 14.1 Å². The molecule has 0 saturated carbocycles. The van der Waals surface area contributed by atoms with Crippen LogP contribution in [0.5, 0.6) is 0 Å². The Labute approximate surface area is 96.4 Å². The molecule has 1 rings (SSSR count). The fourth-order valence-corrected chi connectivity index (χ4v) is 2.07. The zero-order chi connectivity index (χ0) is 12.1. The van der Waals surface area contributed by atoms with E-state index in [9.17, 15) is 9.00 Å². The van der Waals surface area contributed by atoms with Crippen LogP contribution in [0.3, 0.4) is 0 Å². The zero-order valence-electron chi connectivity index (χ0n) is 9.14. The van der Waals surface area contributed by atoms with Crippen LogP contribution in [0.4, 0.5) is 5.82 Å². The number of hydrogen-bond acceptors (Lipinski definition) is 4. The first-order valence-electron chi connectivity index (χ1n) is 4.76. The van der Waals surface area contributed by atoms with Crippen LogP contribution >= 0.6 is 0 Å². The molecule has 1 aromatic heterocycles. The minimum absolute atomic E-state index is 0.00480. The summed E-state index contributed by atoms with van der Waals surface area (Å²) in [6.45, 7) is 1.87. The van der Waals surface area contributed by atoms with E-state index in [0.29, 0.717) is 11.6 Å². The third-order valence-corrected chi connectivity index (χ3v) is 2.82. The summed E-state index contributed by atoms with van der Waals surface area (Å²) in [6, 6.07) is 4.72. The molecule has 1 heterocycles. The van der Waals surface area contributed by atoms with Crippen molar-refractivity contribution in [3.05, 3.63) is 23.9 Å². The molecular formula is C10H14N2O3S. The first-order valence-corrected chi connectivity index (χ1v) is 6.48. The first kappa shape index (κ1) is 12.6. The van der Waals surface area contributed by atoms with E-state index >= 15 is 0 Å². The molecule has 0 aliphatic carbocycles. The van der Waals surface area contributed by atoms with Gasteiger partial charge in [0.2, 0.25) is 0 Å². The van der Waals surface area contributed by atoms with Gasteiger partial charge in [-0.3, -0.25) is 4.21 Å². The average Bonchev–Trinajstić information content (AvgIpc) is 2.16. The van der Waals surface area contributed by atoms with E-state index < -0.39 is 16.8 Å². The van der Waals surface area contributed by atoms with Gasteiger partial charge in [0.15, 0.2) is 5.69 Å². The van der Waals surface area contributed by atoms with Crippen molar-refractivity contribution in [3.8, 4) is 0 Å². The Balaban J connectivity index is 2.70. The number of hydrogen-bond donors (Lipinski definition) is 2. The number of anilines is 1. The van der Waals surface area contributed by atoms with E-state index in [0.717, 1.165) is 0 Å². The van der Waals surface area contributed by atoms with Crippen LogP contribution in [0.15, 0.2) is 18.2 Å². The molecule has 2 N–H and O–H groups in total. The van der Waals surface area contributed by atoms with Crippen LogP contribution in [0, 0.1) is 0 Å². The lowest BCUT2D eigenvalue weighted by molar-refractivity contribution is 0.0690. The molecule has 0 bridgehead atoms. The molecule has 0 fully saturated rings. The Bertz CT molecular complexity index is 409. The van der Waals surface area contributed by atoms with E-state index in [1.165, 1.54) is 6.07 Å². The summed E-state index contributed by atoms with van der Waals surface area (Å²) < 4.78 is 11.0. The number of carboxylic acids is 1. The lowest BCUT2D eigenvalue weighted by Gasteiger charge is -2.12. The smallest absolute Gasteiger partial charge is 0.354 e. The van der Waals surface area contributed by atoms with Gasteiger partial charge in [-0.2, -0.15) is 0 Å². The molecule has 16 heavy (non-hydrogen) atoms. The largest absolute Gasteiger partial charge is 0.477 e. The van der Waals surface area contributed by atoms with Gasteiger partial charge in [0.1, 0.15) is 5.82 Å². The van der Waals surface area contributed by atoms with E-state index in [-0.39, 0.29) is 11.7 Å². The molecule has 2 atom stereocenters. The third kappa shape index (κ3) is 3.98. The Morgan fingerprint density at radius 1 is 1.62 bits per heavy atom. The Hall–Kier alpha value is -1.43. The Kier molecular flexibility index (Phi) is 4.42. The number of aromatic nitrogens is 1. The van der Waals surface area contributed by atoms with Gasteiger partial charge in [-0.25, -0.2) is 9.78 Å². The molecule has 88 valence electrons. The number of nitrogens with zero attached hydrogens (tertiary/aromatic N) is 1. The number of pyridine rings is 1.